The second kappa shape index (κ2) is 14.6. The van der Waals surface area contributed by atoms with Crippen molar-refractivity contribution in [1.82, 2.24) is 10.6 Å². The summed E-state index contributed by atoms with van der Waals surface area (Å²) in [5.74, 6) is 1.93. The van der Waals surface area contributed by atoms with Crippen molar-refractivity contribution >= 4 is 34.8 Å². The first-order valence-corrected chi connectivity index (χ1v) is 16.2. The minimum absolute atomic E-state index is 0.0184. The van der Waals surface area contributed by atoms with E-state index in [0.717, 1.165) is 60.3 Å². The Hall–Kier alpha value is -3.75. The molecule has 3 aromatic rings. The number of benzene rings is 3. The van der Waals surface area contributed by atoms with E-state index in [1.165, 1.54) is 0 Å². The predicted octanol–water partition coefficient (Wildman–Crippen LogP) is 6.15. The summed E-state index contributed by atoms with van der Waals surface area (Å²) in [7, 11) is 5.42. The molecule has 45 heavy (non-hydrogen) atoms. The van der Waals surface area contributed by atoms with Crippen molar-refractivity contribution in [2.75, 3.05) is 44.1 Å². The molecule has 0 aromatic heterocycles. The van der Waals surface area contributed by atoms with Gasteiger partial charge >= 0.3 is 0 Å². The summed E-state index contributed by atoms with van der Waals surface area (Å²) >= 11 is 6.27. The van der Waals surface area contributed by atoms with Gasteiger partial charge in [0.15, 0.2) is 11.5 Å². The maximum atomic E-state index is 13.9. The maximum Gasteiger partial charge on any atom is 0.233 e. The number of anilines is 2. The summed E-state index contributed by atoms with van der Waals surface area (Å²) in [5, 5.41) is 6.70. The number of nitrogens with one attached hydrogen (secondary N) is 2. The molecule has 0 saturated heterocycles. The Morgan fingerprint density at radius 3 is 2.33 bits per heavy atom. The zero-order valence-corrected chi connectivity index (χ0v) is 27.7. The normalized spacial score (nSPS) is 19.7. The number of nitrogens with zero attached hydrogens (tertiary/aromatic N) is 2. The lowest BCUT2D eigenvalue weighted by atomic mass is 9.85. The molecule has 1 fully saturated rings. The molecule has 1 heterocycles. The van der Waals surface area contributed by atoms with Gasteiger partial charge in [-0.3, -0.25) is 9.59 Å². The average Bonchev–Trinajstić information content (AvgIpc) is 3.04. The third-order valence-electron chi connectivity index (χ3n) is 8.91. The Labute approximate surface area is 272 Å². The molecule has 2 aliphatic rings. The van der Waals surface area contributed by atoms with E-state index in [9.17, 15) is 9.59 Å². The van der Waals surface area contributed by atoms with Crippen LogP contribution in [0.5, 0.6) is 11.5 Å². The number of ether oxygens (including phenoxy) is 2. The van der Waals surface area contributed by atoms with Gasteiger partial charge in [0.1, 0.15) is 0 Å². The molecular weight excluding hydrogens is 588 g/mol. The molecule has 8 nitrogen and oxygen atoms in total. The molecule has 0 spiro atoms. The van der Waals surface area contributed by atoms with Crippen molar-refractivity contribution in [2.24, 2.45) is 5.92 Å². The van der Waals surface area contributed by atoms with E-state index in [4.69, 9.17) is 21.1 Å². The predicted molar refractivity (Wildman–Crippen MR) is 181 cm³/mol. The van der Waals surface area contributed by atoms with E-state index < -0.39 is 0 Å². The quantitative estimate of drug-likeness (QED) is 0.264. The second-order valence-electron chi connectivity index (χ2n) is 12.4. The van der Waals surface area contributed by atoms with Gasteiger partial charge in [-0.1, -0.05) is 23.7 Å². The molecule has 9 heteroatoms. The highest BCUT2D eigenvalue weighted by Gasteiger charge is 2.36. The number of carbonyl (C=O) groups is 2. The Morgan fingerprint density at radius 2 is 1.71 bits per heavy atom. The minimum atomic E-state index is -0.352. The Morgan fingerprint density at radius 1 is 1.02 bits per heavy atom. The van der Waals surface area contributed by atoms with E-state index >= 15 is 0 Å². The topological polar surface area (TPSA) is 83.1 Å². The van der Waals surface area contributed by atoms with E-state index in [1.807, 2.05) is 67.3 Å². The monoisotopic (exact) mass is 632 g/mol. The highest BCUT2D eigenvalue weighted by Crippen LogP contribution is 2.44. The number of methoxy groups -OCH3 is 1. The minimum Gasteiger partial charge on any atom is -0.493 e. The largest absolute Gasteiger partial charge is 0.493 e. The van der Waals surface area contributed by atoms with Gasteiger partial charge < -0.3 is 29.9 Å². The number of rotatable bonds is 11. The molecule has 0 bridgehead atoms. The van der Waals surface area contributed by atoms with Crippen molar-refractivity contribution in [3.8, 4) is 11.5 Å². The third-order valence-corrected chi connectivity index (χ3v) is 9.17. The molecule has 1 unspecified atom stereocenters. The number of likely N-dealkylation sites (N-methyl/N-ethyl adjacent to an activating group) is 1. The summed E-state index contributed by atoms with van der Waals surface area (Å²) in [6, 6.07) is 20.0. The van der Waals surface area contributed by atoms with Crippen LogP contribution in [-0.4, -0.2) is 58.3 Å². The molecule has 1 saturated carbocycles. The molecule has 5 rings (SSSR count). The second-order valence-corrected chi connectivity index (χ2v) is 12.9. The molecule has 3 aromatic carbocycles. The number of hydrogen-bond donors (Lipinski definition) is 2. The van der Waals surface area contributed by atoms with Crippen molar-refractivity contribution in [3.05, 3.63) is 82.4 Å². The van der Waals surface area contributed by atoms with Crippen LogP contribution in [-0.2, 0) is 16.0 Å². The fourth-order valence-electron chi connectivity index (χ4n) is 6.56. The van der Waals surface area contributed by atoms with Gasteiger partial charge in [-0.2, -0.15) is 0 Å². The van der Waals surface area contributed by atoms with Gasteiger partial charge in [-0.25, -0.2) is 0 Å². The molecule has 1 aliphatic heterocycles. The summed E-state index contributed by atoms with van der Waals surface area (Å²) in [6.07, 6.45) is 4.65. The Kier molecular flexibility index (Phi) is 10.6. The Bertz CT molecular complexity index is 1470. The summed E-state index contributed by atoms with van der Waals surface area (Å²) in [5.41, 5.74) is 4.86. The Balaban J connectivity index is 1.36. The lowest BCUT2D eigenvalue weighted by Gasteiger charge is -2.38. The summed E-state index contributed by atoms with van der Waals surface area (Å²) in [6.45, 7) is 5.32. The molecule has 2 amide bonds. The van der Waals surface area contributed by atoms with Gasteiger partial charge in [0.25, 0.3) is 0 Å². The zero-order chi connectivity index (χ0) is 32.1. The SMILES string of the molecule is CNC(=O)CNC1CCC(CN(C)c2ccc(N3C(=O)Cc4cc(OC)c(OC(C)C)cc4C3c3ccc(Cl)cc3)cc2)CC1. The third kappa shape index (κ3) is 7.74. The highest BCUT2D eigenvalue weighted by molar-refractivity contribution is 6.30. The highest BCUT2D eigenvalue weighted by atomic mass is 35.5. The van der Waals surface area contributed by atoms with Crippen LogP contribution in [0.4, 0.5) is 11.4 Å². The number of amides is 2. The molecular formula is C36H45ClN4O4. The fourth-order valence-corrected chi connectivity index (χ4v) is 6.69. The van der Waals surface area contributed by atoms with Crippen molar-refractivity contribution in [1.29, 1.82) is 0 Å². The summed E-state index contributed by atoms with van der Waals surface area (Å²) in [4.78, 5) is 29.6. The number of carbonyl (C=O) groups excluding carboxylic acids is 2. The number of halogens is 1. The van der Waals surface area contributed by atoms with Crippen LogP contribution >= 0.6 is 11.6 Å². The molecule has 1 atom stereocenters. The number of hydrogen-bond acceptors (Lipinski definition) is 6. The molecule has 0 radical (unpaired) electrons. The summed E-state index contributed by atoms with van der Waals surface area (Å²) < 4.78 is 11.8. The van der Waals surface area contributed by atoms with Crippen LogP contribution in [0.25, 0.3) is 0 Å². The average molecular weight is 633 g/mol. The van der Waals surface area contributed by atoms with Crippen LogP contribution < -0.4 is 29.9 Å². The van der Waals surface area contributed by atoms with E-state index in [2.05, 4.69) is 34.7 Å². The lowest BCUT2D eigenvalue weighted by molar-refractivity contribution is -0.120. The van der Waals surface area contributed by atoms with E-state index in [0.29, 0.717) is 35.0 Å². The van der Waals surface area contributed by atoms with Crippen LogP contribution in [0, 0.1) is 5.92 Å². The smallest absolute Gasteiger partial charge is 0.233 e. The van der Waals surface area contributed by atoms with Crippen LogP contribution in [0.2, 0.25) is 5.02 Å². The van der Waals surface area contributed by atoms with Crippen molar-refractivity contribution < 1.29 is 19.1 Å². The lowest BCUT2D eigenvalue weighted by Crippen LogP contribution is -2.41. The van der Waals surface area contributed by atoms with Crippen LogP contribution in [0.15, 0.2) is 60.7 Å². The first-order chi connectivity index (χ1) is 21.7. The van der Waals surface area contributed by atoms with Crippen molar-refractivity contribution in [2.45, 2.75) is 64.1 Å². The van der Waals surface area contributed by atoms with E-state index in [-0.39, 0.29) is 30.4 Å². The zero-order valence-electron chi connectivity index (χ0n) is 26.9. The van der Waals surface area contributed by atoms with Gasteiger partial charge in [0, 0.05) is 43.1 Å². The van der Waals surface area contributed by atoms with Crippen LogP contribution in [0.1, 0.15) is 62.3 Å². The van der Waals surface area contributed by atoms with Gasteiger partial charge in [0.2, 0.25) is 11.8 Å². The first kappa shape index (κ1) is 32.6. The molecule has 1 aliphatic carbocycles. The van der Waals surface area contributed by atoms with Gasteiger partial charge in [-0.15, -0.1) is 0 Å². The standard InChI is InChI=1S/C36H45ClN4O4/c1-23(2)45-33-20-31-26(18-32(33)44-5)19-35(43)41(36(31)25-8-10-27(37)11-9-25)30-16-14-29(15-17-30)40(4)22-24-6-12-28(13-7-24)39-21-34(42)38-3/h8-11,14-18,20,23-24,28,36,39H,6-7,12-13,19,21-22H2,1-5H3,(H,38,42). The molecule has 2 N–H and O–H groups in total. The first-order valence-electron chi connectivity index (χ1n) is 15.9. The fraction of sp³-hybridized carbons (Fsp3) is 0.444. The van der Waals surface area contributed by atoms with Gasteiger partial charge in [-0.05, 0) is 111 Å². The maximum absolute atomic E-state index is 13.9. The van der Waals surface area contributed by atoms with Gasteiger partial charge in [0.05, 0.1) is 32.2 Å². The molecule has 240 valence electrons. The van der Waals surface area contributed by atoms with E-state index in [1.54, 1.807) is 14.2 Å². The van der Waals surface area contributed by atoms with Crippen molar-refractivity contribution in [3.63, 3.8) is 0 Å². The van der Waals surface area contributed by atoms with Crippen LogP contribution in [0.3, 0.4) is 0 Å². The number of fused-ring (bicyclic) bond motifs is 1.